The zero-order chi connectivity index (χ0) is 13.1. The summed E-state index contributed by atoms with van der Waals surface area (Å²) >= 11 is 12.3. The number of halogens is 2. The molecule has 5 nitrogen and oxygen atoms in total. The van der Waals surface area contributed by atoms with Crippen molar-refractivity contribution in [1.29, 1.82) is 5.26 Å². The molecule has 1 aromatic heterocycles. The molecule has 0 saturated heterocycles. The molecule has 0 unspecified atom stereocenters. The van der Waals surface area contributed by atoms with Crippen molar-refractivity contribution in [3.63, 3.8) is 0 Å². The Morgan fingerprint density at radius 3 is 2.78 bits per heavy atom. The van der Waals surface area contributed by atoms with Crippen molar-refractivity contribution < 1.29 is 4.79 Å². The van der Waals surface area contributed by atoms with Gasteiger partial charge in [-0.2, -0.15) is 5.26 Å². The fraction of sp³-hybridized carbons (Fsp3) is 0. The molecular weight excluding hydrogens is 295 g/mol. The molecule has 0 atom stereocenters. The fourth-order valence-corrected chi connectivity index (χ4v) is 2.09. The lowest BCUT2D eigenvalue weighted by Crippen LogP contribution is -2.12. The van der Waals surface area contributed by atoms with E-state index >= 15 is 0 Å². The Morgan fingerprint density at radius 1 is 1.39 bits per heavy atom. The van der Waals surface area contributed by atoms with Crippen LogP contribution in [-0.2, 0) is 0 Å². The first-order valence-corrected chi connectivity index (χ1v) is 6.17. The van der Waals surface area contributed by atoms with Gasteiger partial charge in [-0.3, -0.25) is 4.79 Å². The van der Waals surface area contributed by atoms with E-state index in [1.807, 2.05) is 6.07 Å². The fourth-order valence-electron chi connectivity index (χ4n) is 1.19. The van der Waals surface area contributed by atoms with Crippen molar-refractivity contribution in [2.75, 3.05) is 5.32 Å². The van der Waals surface area contributed by atoms with E-state index in [0.29, 0.717) is 16.3 Å². The number of anilines is 1. The maximum Gasteiger partial charge on any atom is 0.286 e. The van der Waals surface area contributed by atoms with Crippen molar-refractivity contribution >= 4 is 46.1 Å². The molecule has 0 aliphatic rings. The van der Waals surface area contributed by atoms with E-state index < -0.39 is 5.91 Å². The lowest BCUT2D eigenvalue weighted by atomic mass is 10.2. The molecule has 90 valence electrons. The van der Waals surface area contributed by atoms with E-state index in [1.54, 1.807) is 6.07 Å². The quantitative estimate of drug-likeness (QED) is 0.924. The van der Waals surface area contributed by atoms with E-state index in [-0.39, 0.29) is 9.47 Å². The van der Waals surface area contributed by atoms with Crippen LogP contribution in [0.2, 0.25) is 9.49 Å². The molecule has 0 radical (unpaired) electrons. The second kappa shape index (κ2) is 5.31. The molecule has 1 N–H and O–H groups in total. The number of nitriles is 1. The maximum absolute atomic E-state index is 11.8. The Hall–Kier alpha value is -1.68. The molecule has 0 fully saturated rings. The lowest BCUT2D eigenvalue weighted by molar-refractivity contribution is 0.102. The van der Waals surface area contributed by atoms with Gasteiger partial charge in [0, 0.05) is 5.02 Å². The Morgan fingerprint density at radius 2 is 2.17 bits per heavy atom. The standard InChI is InChI=1S/C10H4Cl2N4OS/c11-6-2-1-5(4-13)7(3-6)14-8(17)9-15-16-10(12)18-9/h1-3H,(H,14,17). The van der Waals surface area contributed by atoms with Crippen LogP contribution < -0.4 is 5.32 Å². The van der Waals surface area contributed by atoms with Gasteiger partial charge in [-0.05, 0) is 29.8 Å². The first kappa shape index (κ1) is 12.8. The normalized spacial score (nSPS) is 9.83. The van der Waals surface area contributed by atoms with Gasteiger partial charge < -0.3 is 5.32 Å². The number of amides is 1. The van der Waals surface area contributed by atoms with Crippen LogP contribution in [0.4, 0.5) is 5.69 Å². The van der Waals surface area contributed by atoms with Gasteiger partial charge in [-0.1, -0.05) is 22.9 Å². The van der Waals surface area contributed by atoms with E-state index in [1.165, 1.54) is 12.1 Å². The van der Waals surface area contributed by atoms with Crippen LogP contribution in [0.5, 0.6) is 0 Å². The van der Waals surface area contributed by atoms with Crippen molar-refractivity contribution in [3.8, 4) is 6.07 Å². The summed E-state index contributed by atoms with van der Waals surface area (Å²) in [4.78, 5) is 11.8. The van der Waals surface area contributed by atoms with Gasteiger partial charge in [-0.15, -0.1) is 10.2 Å². The maximum atomic E-state index is 11.8. The van der Waals surface area contributed by atoms with Crippen LogP contribution >= 0.6 is 34.5 Å². The number of hydrogen-bond donors (Lipinski definition) is 1. The summed E-state index contributed by atoms with van der Waals surface area (Å²) in [5.74, 6) is -0.488. The molecule has 18 heavy (non-hydrogen) atoms. The second-order valence-corrected chi connectivity index (χ2v) is 5.11. The summed E-state index contributed by atoms with van der Waals surface area (Å²) in [7, 11) is 0. The number of carbonyl (C=O) groups is 1. The minimum absolute atomic E-state index is 0.115. The third-order valence-corrected chi connectivity index (χ3v) is 3.20. The Kier molecular flexibility index (Phi) is 3.77. The SMILES string of the molecule is N#Cc1ccc(Cl)cc1NC(=O)c1nnc(Cl)s1. The molecule has 1 amide bonds. The van der Waals surface area contributed by atoms with Crippen LogP contribution in [0.25, 0.3) is 0 Å². The van der Waals surface area contributed by atoms with Crippen LogP contribution in [-0.4, -0.2) is 16.1 Å². The van der Waals surface area contributed by atoms with E-state index in [2.05, 4.69) is 15.5 Å². The lowest BCUT2D eigenvalue weighted by Gasteiger charge is -2.05. The highest BCUT2D eigenvalue weighted by atomic mass is 35.5. The molecule has 2 aromatic rings. The summed E-state index contributed by atoms with van der Waals surface area (Å²) in [6, 6.07) is 6.53. The van der Waals surface area contributed by atoms with Crippen molar-refractivity contribution in [2.45, 2.75) is 0 Å². The van der Waals surface area contributed by atoms with Crippen LogP contribution in [0.15, 0.2) is 18.2 Å². The average molecular weight is 299 g/mol. The molecule has 0 aliphatic carbocycles. The topological polar surface area (TPSA) is 78.7 Å². The molecule has 0 spiro atoms. The van der Waals surface area contributed by atoms with Crippen molar-refractivity contribution in [2.24, 2.45) is 0 Å². The monoisotopic (exact) mass is 298 g/mol. The minimum Gasteiger partial charge on any atom is -0.319 e. The first-order valence-electron chi connectivity index (χ1n) is 4.60. The third-order valence-electron chi connectivity index (χ3n) is 1.94. The second-order valence-electron chi connectivity index (χ2n) is 3.12. The summed E-state index contributed by atoms with van der Waals surface area (Å²) in [5, 5.41) is 19.1. The predicted molar refractivity (Wildman–Crippen MR) is 69.0 cm³/mol. The molecule has 1 aromatic carbocycles. The molecule has 0 bridgehead atoms. The number of carbonyl (C=O) groups excluding carboxylic acids is 1. The highest BCUT2D eigenvalue weighted by Crippen LogP contribution is 2.22. The van der Waals surface area contributed by atoms with Crippen LogP contribution in [0.3, 0.4) is 0 Å². The van der Waals surface area contributed by atoms with Gasteiger partial charge >= 0.3 is 0 Å². The molecule has 8 heteroatoms. The van der Waals surface area contributed by atoms with Gasteiger partial charge in [0.1, 0.15) is 6.07 Å². The summed E-state index contributed by atoms with van der Waals surface area (Å²) in [5.41, 5.74) is 0.629. The zero-order valence-electron chi connectivity index (χ0n) is 8.65. The number of nitrogens with one attached hydrogen (secondary N) is 1. The van der Waals surface area contributed by atoms with Crippen LogP contribution in [0.1, 0.15) is 15.4 Å². The smallest absolute Gasteiger partial charge is 0.286 e. The summed E-state index contributed by atoms with van der Waals surface area (Å²) in [6.45, 7) is 0. The predicted octanol–water partition coefficient (Wildman–Crippen LogP) is 2.97. The number of benzene rings is 1. The number of nitrogens with zero attached hydrogens (tertiary/aromatic N) is 3. The average Bonchev–Trinajstić information content (AvgIpc) is 2.76. The van der Waals surface area contributed by atoms with E-state index in [9.17, 15) is 4.79 Å². The molecule has 0 saturated carbocycles. The van der Waals surface area contributed by atoms with Gasteiger partial charge in [0.25, 0.3) is 5.91 Å². The summed E-state index contributed by atoms with van der Waals surface area (Å²) in [6.07, 6.45) is 0. The molecule has 0 aliphatic heterocycles. The Balaban J connectivity index is 2.27. The molecular formula is C10H4Cl2N4OS. The molecule has 1 heterocycles. The highest BCUT2D eigenvalue weighted by molar-refractivity contribution is 7.17. The van der Waals surface area contributed by atoms with Gasteiger partial charge in [0.05, 0.1) is 11.3 Å². The number of aromatic nitrogens is 2. The highest BCUT2D eigenvalue weighted by Gasteiger charge is 2.14. The van der Waals surface area contributed by atoms with Crippen molar-refractivity contribution in [1.82, 2.24) is 10.2 Å². The zero-order valence-corrected chi connectivity index (χ0v) is 11.0. The minimum atomic E-state index is -0.488. The third kappa shape index (κ3) is 2.76. The van der Waals surface area contributed by atoms with Gasteiger partial charge in [0.15, 0.2) is 0 Å². The Bertz CT molecular complexity index is 650. The van der Waals surface area contributed by atoms with Gasteiger partial charge in [0.2, 0.25) is 9.47 Å². The molecule has 2 rings (SSSR count). The largest absolute Gasteiger partial charge is 0.319 e. The number of rotatable bonds is 2. The number of hydrogen-bond acceptors (Lipinski definition) is 5. The van der Waals surface area contributed by atoms with Crippen LogP contribution in [0, 0.1) is 11.3 Å². The first-order chi connectivity index (χ1) is 8.60. The van der Waals surface area contributed by atoms with E-state index in [0.717, 1.165) is 11.3 Å². The van der Waals surface area contributed by atoms with Gasteiger partial charge in [-0.25, -0.2) is 0 Å². The summed E-state index contributed by atoms with van der Waals surface area (Å²) < 4.78 is 0.173. The van der Waals surface area contributed by atoms with E-state index in [4.69, 9.17) is 28.5 Å². The Labute approximate surface area is 116 Å². The van der Waals surface area contributed by atoms with Crippen molar-refractivity contribution in [3.05, 3.63) is 38.3 Å².